The second kappa shape index (κ2) is 10.3. The number of hydrazine groups is 1. The Hall–Kier alpha value is -0.510. The molecule has 1 rings (SSSR count). The van der Waals surface area contributed by atoms with Crippen molar-refractivity contribution in [3.05, 3.63) is 23.1 Å². The Balaban J connectivity index is 2.07. The van der Waals surface area contributed by atoms with Crippen LogP contribution >= 0.6 is 11.6 Å². The van der Waals surface area contributed by atoms with E-state index in [0.29, 0.717) is 5.22 Å². The molecule has 3 nitrogen and oxygen atoms in total. The van der Waals surface area contributed by atoms with E-state index < -0.39 is 0 Å². The SMILES string of the molecule is CCCCCCCCCCC(NN)c1ccc(Cl)o1. The molecule has 0 radical (unpaired) electrons. The number of hydrogen-bond acceptors (Lipinski definition) is 3. The van der Waals surface area contributed by atoms with Gasteiger partial charge in [-0.1, -0.05) is 58.3 Å². The molecule has 4 heteroatoms. The van der Waals surface area contributed by atoms with Gasteiger partial charge in [0.15, 0.2) is 5.22 Å². The number of nitrogens with two attached hydrogens (primary N) is 1. The normalized spacial score (nSPS) is 12.8. The van der Waals surface area contributed by atoms with Crippen molar-refractivity contribution in [3.63, 3.8) is 0 Å². The van der Waals surface area contributed by atoms with Crippen molar-refractivity contribution < 1.29 is 4.42 Å². The van der Waals surface area contributed by atoms with Gasteiger partial charge in [-0.25, -0.2) is 5.43 Å². The van der Waals surface area contributed by atoms with Gasteiger partial charge in [-0.2, -0.15) is 0 Å². The molecule has 110 valence electrons. The van der Waals surface area contributed by atoms with Gasteiger partial charge in [0.1, 0.15) is 5.76 Å². The molecular weight excluding hydrogens is 260 g/mol. The van der Waals surface area contributed by atoms with Crippen molar-refractivity contribution >= 4 is 11.6 Å². The van der Waals surface area contributed by atoms with Crippen molar-refractivity contribution in [2.24, 2.45) is 5.84 Å². The number of nitrogens with one attached hydrogen (secondary N) is 1. The van der Waals surface area contributed by atoms with E-state index in [2.05, 4.69) is 12.3 Å². The predicted octanol–water partition coefficient (Wildman–Crippen LogP) is 4.97. The Morgan fingerprint density at radius 2 is 1.74 bits per heavy atom. The van der Waals surface area contributed by atoms with Crippen LogP contribution in [0, 0.1) is 0 Å². The lowest BCUT2D eigenvalue weighted by Crippen LogP contribution is -2.27. The first kappa shape index (κ1) is 16.5. The highest BCUT2D eigenvalue weighted by Crippen LogP contribution is 2.24. The monoisotopic (exact) mass is 286 g/mol. The highest BCUT2D eigenvalue weighted by molar-refractivity contribution is 6.28. The third-order valence-corrected chi connectivity index (χ3v) is 3.69. The molecule has 3 N–H and O–H groups in total. The molecule has 0 spiro atoms. The Morgan fingerprint density at radius 1 is 1.11 bits per heavy atom. The Labute approximate surface area is 121 Å². The zero-order valence-corrected chi connectivity index (χ0v) is 12.7. The lowest BCUT2D eigenvalue weighted by molar-refractivity contribution is 0.389. The van der Waals surface area contributed by atoms with Crippen LogP contribution in [0.15, 0.2) is 16.5 Å². The molecule has 0 aromatic carbocycles. The topological polar surface area (TPSA) is 51.2 Å². The maximum absolute atomic E-state index is 5.77. The van der Waals surface area contributed by atoms with Crippen LogP contribution in [0.5, 0.6) is 0 Å². The average molecular weight is 287 g/mol. The van der Waals surface area contributed by atoms with Gasteiger partial charge in [0, 0.05) is 0 Å². The fraction of sp³-hybridized carbons (Fsp3) is 0.733. The van der Waals surface area contributed by atoms with Gasteiger partial charge in [-0.05, 0) is 30.2 Å². The minimum Gasteiger partial charge on any atom is -0.448 e. The molecule has 0 saturated heterocycles. The lowest BCUT2D eigenvalue weighted by atomic mass is 10.0. The summed E-state index contributed by atoms with van der Waals surface area (Å²) < 4.78 is 5.38. The highest BCUT2D eigenvalue weighted by Gasteiger charge is 2.13. The van der Waals surface area contributed by atoms with Crippen LogP contribution < -0.4 is 11.3 Å². The molecule has 19 heavy (non-hydrogen) atoms. The average Bonchev–Trinajstić information content (AvgIpc) is 2.83. The van der Waals surface area contributed by atoms with Gasteiger partial charge in [0.25, 0.3) is 0 Å². The van der Waals surface area contributed by atoms with E-state index in [0.717, 1.165) is 12.2 Å². The third kappa shape index (κ3) is 7.00. The van der Waals surface area contributed by atoms with Gasteiger partial charge < -0.3 is 4.42 Å². The fourth-order valence-electron chi connectivity index (χ4n) is 2.31. The molecule has 1 atom stereocenters. The second-order valence-electron chi connectivity index (χ2n) is 5.12. The number of halogens is 1. The molecule has 1 unspecified atom stereocenters. The summed E-state index contributed by atoms with van der Waals surface area (Å²) in [7, 11) is 0. The molecular formula is C15H27ClN2O. The van der Waals surface area contributed by atoms with Crippen LogP contribution in [0.2, 0.25) is 5.22 Å². The summed E-state index contributed by atoms with van der Waals surface area (Å²) in [5.41, 5.74) is 2.80. The molecule has 1 aromatic heterocycles. The lowest BCUT2D eigenvalue weighted by Gasteiger charge is -2.12. The molecule has 0 fully saturated rings. The highest BCUT2D eigenvalue weighted by atomic mass is 35.5. The maximum atomic E-state index is 5.77. The fourth-order valence-corrected chi connectivity index (χ4v) is 2.46. The van der Waals surface area contributed by atoms with Crippen LogP contribution in [-0.4, -0.2) is 0 Å². The molecule has 0 bridgehead atoms. The summed E-state index contributed by atoms with van der Waals surface area (Å²) in [6.45, 7) is 2.25. The predicted molar refractivity (Wildman–Crippen MR) is 81.0 cm³/mol. The number of unbranched alkanes of at least 4 members (excludes halogenated alkanes) is 7. The summed E-state index contributed by atoms with van der Waals surface area (Å²) in [6.07, 6.45) is 11.5. The van der Waals surface area contributed by atoms with E-state index in [4.69, 9.17) is 21.9 Å². The smallest absolute Gasteiger partial charge is 0.193 e. The van der Waals surface area contributed by atoms with Crippen LogP contribution in [0.3, 0.4) is 0 Å². The first-order valence-corrected chi connectivity index (χ1v) is 7.87. The summed E-state index contributed by atoms with van der Waals surface area (Å²) in [4.78, 5) is 0. The van der Waals surface area contributed by atoms with E-state index in [1.165, 1.54) is 51.4 Å². The Kier molecular flexibility index (Phi) is 8.97. The Bertz CT molecular complexity index is 328. The number of rotatable bonds is 11. The van der Waals surface area contributed by atoms with Gasteiger partial charge in [-0.15, -0.1) is 0 Å². The quantitative estimate of drug-likeness (QED) is 0.343. The molecule has 0 saturated carbocycles. The third-order valence-electron chi connectivity index (χ3n) is 3.48. The number of hydrogen-bond donors (Lipinski definition) is 2. The van der Waals surface area contributed by atoms with E-state index in [1.807, 2.05) is 6.07 Å². The molecule has 1 heterocycles. The van der Waals surface area contributed by atoms with Crippen molar-refractivity contribution in [2.45, 2.75) is 70.8 Å². The molecule has 0 aliphatic heterocycles. The van der Waals surface area contributed by atoms with Gasteiger partial charge in [0.2, 0.25) is 0 Å². The summed E-state index contributed by atoms with van der Waals surface area (Å²) >= 11 is 5.77. The van der Waals surface area contributed by atoms with E-state index in [9.17, 15) is 0 Å². The van der Waals surface area contributed by atoms with Crippen molar-refractivity contribution in [1.29, 1.82) is 0 Å². The van der Waals surface area contributed by atoms with Crippen LogP contribution in [-0.2, 0) is 0 Å². The minimum atomic E-state index is 0.0765. The van der Waals surface area contributed by atoms with Crippen molar-refractivity contribution in [3.8, 4) is 0 Å². The minimum absolute atomic E-state index is 0.0765. The van der Waals surface area contributed by atoms with Gasteiger partial charge >= 0.3 is 0 Å². The van der Waals surface area contributed by atoms with Crippen LogP contribution in [0.1, 0.15) is 76.5 Å². The van der Waals surface area contributed by atoms with Crippen molar-refractivity contribution in [2.75, 3.05) is 0 Å². The van der Waals surface area contributed by atoms with Gasteiger partial charge in [-0.3, -0.25) is 5.84 Å². The van der Waals surface area contributed by atoms with Crippen molar-refractivity contribution in [1.82, 2.24) is 5.43 Å². The van der Waals surface area contributed by atoms with E-state index >= 15 is 0 Å². The van der Waals surface area contributed by atoms with Crippen LogP contribution in [0.4, 0.5) is 0 Å². The largest absolute Gasteiger partial charge is 0.448 e. The summed E-state index contributed by atoms with van der Waals surface area (Å²) in [6, 6.07) is 3.72. The van der Waals surface area contributed by atoms with Gasteiger partial charge in [0.05, 0.1) is 6.04 Å². The zero-order valence-electron chi connectivity index (χ0n) is 12.0. The second-order valence-corrected chi connectivity index (χ2v) is 5.50. The van der Waals surface area contributed by atoms with E-state index in [-0.39, 0.29) is 6.04 Å². The Morgan fingerprint density at radius 3 is 2.26 bits per heavy atom. The zero-order chi connectivity index (χ0) is 13.9. The maximum Gasteiger partial charge on any atom is 0.193 e. The molecule has 0 aliphatic rings. The molecule has 1 aromatic rings. The first-order chi connectivity index (χ1) is 9.27. The summed E-state index contributed by atoms with van der Waals surface area (Å²) in [5, 5.41) is 0.422. The van der Waals surface area contributed by atoms with Crippen LogP contribution in [0.25, 0.3) is 0 Å². The number of furan rings is 1. The summed E-state index contributed by atoms with van der Waals surface area (Å²) in [5.74, 6) is 6.39. The first-order valence-electron chi connectivity index (χ1n) is 7.49. The molecule has 0 aliphatic carbocycles. The van der Waals surface area contributed by atoms with E-state index in [1.54, 1.807) is 6.07 Å². The standard InChI is InChI=1S/C15H27ClN2O/c1-2-3-4-5-6-7-8-9-10-13(18-17)14-11-12-15(16)19-14/h11-13,18H,2-10,17H2,1H3. The molecule has 0 amide bonds.